The average Bonchev–Trinajstić information content (AvgIpc) is 2.61. The van der Waals surface area contributed by atoms with Gasteiger partial charge < -0.3 is 10.6 Å². The number of hydrogen-bond donors (Lipinski definition) is 4. The highest BCUT2D eigenvalue weighted by Gasteiger charge is 1.94. The third-order valence-electron chi connectivity index (χ3n) is 3.33. The lowest BCUT2D eigenvalue weighted by molar-refractivity contribution is 0.205. The molecule has 0 aliphatic heterocycles. The van der Waals surface area contributed by atoms with Crippen molar-refractivity contribution in [3.63, 3.8) is 0 Å². The molecule has 120 valence electrons. The van der Waals surface area contributed by atoms with Crippen LogP contribution in [0.15, 0.2) is 72.9 Å². The summed E-state index contributed by atoms with van der Waals surface area (Å²) in [5.41, 5.74) is 5.91. The Morgan fingerprint density at radius 1 is 1.00 bits per heavy atom. The maximum absolute atomic E-state index is 8.66. The van der Waals surface area contributed by atoms with Crippen LogP contribution in [0.2, 0.25) is 0 Å². The number of rotatable bonds is 9. The molecule has 0 spiro atoms. The van der Waals surface area contributed by atoms with Gasteiger partial charge in [-0.1, -0.05) is 55.1 Å². The van der Waals surface area contributed by atoms with E-state index in [4.69, 9.17) is 5.21 Å². The standard InChI is InChI=1S/C19H23N3O/c1-16(22-23)7-8-17-9-11-18(12-10-17)15-20-13-14-21-19-5-3-2-4-6-19/h2-12,20-23H,1,13-15H2/b8-7+. The quantitative estimate of drug-likeness (QED) is 0.326. The van der Waals surface area contributed by atoms with Gasteiger partial charge in [0.2, 0.25) is 0 Å². The SMILES string of the molecule is C=C(/C=C/c1ccc(CNCCNc2ccccc2)cc1)NO. The van der Waals surface area contributed by atoms with Crippen molar-refractivity contribution in [2.45, 2.75) is 6.54 Å². The summed E-state index contributed by atoms with van der Waals surface area (Å²) in [6.07, 6.45) is 3.62. The molecule has 0 aliphatic carbocycles. The second kappa shape index (κ2) is 9.46. The summed E-state index contributed by atoms with van der Waals surface area (Å²) in [5.74, 6) is 0. The first kappa shape index (κ1) is 16.8. The summed E-state index contributed by atoms with van der Waals surface area (Å²) in [6.45, 7) is 6.25. The summed E-state index contributed by atoms with van der Waals surface area (Å²) in [6, 6.07) is 18.5. The molecule has 0 fully saturated rings. The monoisotopic (exact) mass is 309 g/mol. The molecule has 23 heavy (non-hydrogen) atoms. The Kier molecular flexibility index (Phi) is 6.91. The maximum Gasteiger partial charge on any atom is 0.0530 e. The van der Waals surface area contributed by atoms with E-state index >= 15 is 0 Å². The highest BCUT2D eigenvalue weighted by atomic mass is 16.5. The van der Waals surface area contributed by atoms with Gasteiger partial charge in [-0.15, -0.1) is 0 Å². The summed E-state index contributed by atoms with van der Waals surface area (Å²) in [7, 11) is 0. The van der Waals surface area contributed by atoms with E-state index in [1.807, 2.05) is 41.9 Å². The van der Waals surface area contributed by atoms with Crippen molar-refractivity contribution >= 4 is 11.8 Å². The Morgan fingerprint density at radius 2 is 1.74 bits per heavy atom. The van der Waals surface area contributed by atoms with E-state index < -0.39 is 0 Å². The first-order chi connectivity index (χ1) is 11.3. The summed E-state index contributed by atoms with van der Waals surface area (Å²) < 4.78 is 0. The minimum absolute atomic E-state index is 0.460. The molecule has 0 amide bonds. The van der Waals surface area contributed by atoms with E-state index in [0.717, 1.165) is 30.9 Å². The molecule has 0 bridgehead atoms. The Labute approximate surface area is 137 Å². The minimum atomic E-state index is 0.460. The van der Waals surface area contributed by atoms with Crippen molar-refractivity contribution in [1.29, 1.82) is 0 Å². The highest BCUT2D eigenvalue weighted by Crippen LogP contribution is 2.07. The summed E-state index contributed by atoms with van der Waals surface area (Å²) >= 11 is 0. The molecule has 0 aliphatic rings. The number of para-hydroxylation sites is 1. The van der Waals surface area contributed by atoms with Gasteiger partial charge in [0.1, 0.15) is 0 Å². The lowest BCUT2D eigenvalue weighted by Crippen LogP contribution is -2.21. The van der Waals surface area contributed by atoms with Crippen LogP contribution in [-0.2, 0) is 6.54 Å². The van der Waals surface area contributed by atoms with Gasteiger partial charge >= 0.3 is 0 Å². The Hall–Kier alpha value is -2.56. The average molecular weight is 309 g/mol. The van der Waals surface area contributed by atoms with Gasteiger partial charge in [-0.05, 0) is 29.3 Å². The second-order valence-electron chi connectivity index (χ2n) is 5.18. The number of benzene rings is 2. The van der Waals surface area contributed by atoms with Crippen LogP contribution in [-0.4, -0.2) is 18.3 Å². The summed E-state index contributed by atoms with van der Waals surface area (Å²) in [5, 5.41) is 15.4. The van der Waals surface area contributed by atoms with E-state index in [2.05, 4.69) is 41.5 Å². The zero-order chi connectivity index (χ0) is 16.3. The van der Waals surface area contributed by atoms with Crippen LogP contribution < -0.4 is 16.1 Å². The predicted octanol–water partition coefficient (Wildman–Crippen LogP) is 3.39. The van der Waals surface area contributed by atoms with Crippen LogP contribution in [0.1, 0.15) is 11.1 Å². The first-order valence-corrected chi connectivity index (χ1v) is 7.63. The van der Waals surface area contributed by atoms with E-state index in [1.165, 1.54) is 5.56 Å². The largest absolute Gasteiger partial charge is 0.384 e. The smallest absolute Gasteiger partial charge is 0.0530 e. The van der Waals surface area contributed by atoms with Crippen molar-refractivity contribution in [1.82, 2.24) is 10.8 Å². The Balaban J connectivity index is 1.68. The van der Waals surface area contributed by atoms with Crippen molar-refractivity contribution in [2.75, 3.05) is 18.4 Å². The predicted molar refractivity (Wildman–Crippen MR) is 96.2 cm³/mol. The van der Waals surface area contributed by atoms with Gasteiger partial charge in [-0.3, -0.25) is 10.7 Å². The van der Waals surface area contributed by atoms with Gasteiger partial charge in [0.05, 0.1) is 5.70 Å². The molecule has 0 heterocycles. The van der Waals surface area contributed by atoms with E-state index in [9.17, 15) is 0 Å². The van der Waals surface area contributed by atoms with Crippen molar-refractivity contribution in [2.24, 2.45) is 0 Å². The van der Waals surface area contributed by atoms with Crippen LogP contribution in [0.3, 0.4) is 0 Å². The number of anilines is 1. The summed E-state index contributed by atoms with van der Waals surface area (Å²) in [4.78, 5) is 0. The minimum Gasteiger partial charge on any atom is -0.384 e. The molecular weight excluding hydrogens is 286 g/mol. The van der Waals surface area contributed by atoms with Gasteiger partial charge in [-0.25, -0.2) is 0 Å². The van der Waals surface area contributed by atoms with Crippen LogP contribution in [0.5, 0.6) is 0 Å². The van der Waals surface area contributed by atoms with Crippen LogP contribution in [0, 0.1) is 0 Å². The fourth-order valence-electron chi connectivity index (χ4n) is 2.06. The van der Waals surface area contributed by atoms with Crippen LogP contribution in [0.25, 0.3) is 6.08 Å². The topological polar surface area (TPSA) is 56.3 Å². The molecule has 0 aromatic heterocycles. The molecule has 4 nitrogen and oxygen atoms in total. The van der Waals surface area contributed by atoms with Gasteiger partial charge in [0.25, 0.3) is 0 Å². The Bertz CT molecular complexity index is 621. The first-order valence-electron chi connectivity index (χ1n) is 7.63. The van der Waals surface area contributed by atoms with E-state index in [0.29, 0.717) is 5.70 Å². The van der Waals surface area contributed by atoms with Gasteiger partial charge in [0.15, 0.2) is 0 Å². The molecule has 4 heteroatoms. The Morgan fingerprint density at radius 3 is 2.43 bits per heavy atom. The molecule has 0 unspecified atom stereocenters. The molecule has 2 rings (SSSR count). The molecule has 2 aromatic rings. The number of hydroxylamine groups is 1. The van der Waals surface area contributed by atoms with Gasteiger partial charge in [0, 0.05) is 25.3 Å². The molecule has 4 N–H and O–H groups in total. The van der Waals surface area contributed by atoms with E-state index in [-0.39, 0.29) is 0 Å². The molecule has 0 saturated heterocycles. The number of allylic oxidation sites excluding steroid dienone is 1. The molecule has 0 atom stereocenters. The molecule has 2 aromatic carbocycles. The van der Waals surface area contributed by atoms with Crippen molar-refractivity contribution in [3.8, 4) is 0 Å². The lowest BCUT2D eigenvalue weighted by Gasteiger charge is -2.08. The maximum atomic E-state index is 8.66. The normalized spacial score (nSPS) is 10.7. The lowest BCUT2D eigenvalue weighted by atomic mass is 10.1. The molecule has 0 saturated carbocycles. The van der Waals surface area contributed by atoms with Gasteiger partial charge in [-0.2, -0.15) is 0 Å². The zero-order valence-corrected chi connectivity index (χ0v) is 13.1. The second-order valence-corrected chi connectivity index (χ2v) is 5.18. The molecule has 0 radical (unpaired) electrons. The van der Waals surface area contributed by atoms with Crippen LogP contribution >= 0.6 is 0 Å². The number of nitrogens with one attached hydrogen (secondary N) is 3. The van der Waals surface area contributed by atoms with Crippen LogP contribution in [0.4, 0.5) is 5.69 Å². The number of hydrogen-bond acceptors (Lipinski definition) is 4. The fraction of sp³-hybridized carbons (Fsp3) is 0.158. The highest BCUT2D eigenvalue weighted by molar-refractivity contribution is 5.52. The third-order valence-corrected chi connectivity index (χ3v) is 3.33. The fourth-order valence-corrected chi connectivity index (χ4v) is 2.06. The van der Waals surface area contributed by atoms with Crippen molar-refractivity contribution in [3.05, 3.63) is 84.1 Å². The zero-order valence-electron chi connectivity index (χ0n) is 13.1. The molecular formula is C19H23N3O. The van der Waals surface area contributed by atoms with E-state index in [1.54, 1.807) is 6.08 Å². The van der Waals surface area contributed by atoms with Crippen molar-refractivity contribution < 1.29 is 5.21 Å². The third kappa shape index (κ3) is 6.38.